The highest BCUT2D eigenvalue weighted by Gasteiger charge is 2.10. The number of nitrogens with zero attached hydrogens (tertiary/aromatic N) is 3. The maximum atomic E-state index is 12.0. The zero-order chi connectivity index (χ0) is 16.1. The lowest BCUT2D eigenvalue weighted by Gasteiger charge is -2.00. The lowest BCUT2D eigenvalue weighted by Crippen LogP contribution is -2.13. The van der Waals surface area contributed by atoms with Gasteiger partial charge in [0.1, 0.15) is 5.75 Å². The minimum absolute atomic E-state index is 0.133. The zero-order valence-electron chi connectivity index (χ0n) is 12.4. The van der Waals surface area contributed by atoms with Crippen molar-refractivity contribution in [3.05, 3.63) is 36.7 Å². The molecule has 0 atom stereocenters. The SMILES string of the molecule is CCOc1ccc2nc(NC(=O)CSc3ncccn3)sc2c1. The van der Waals surface area contributed by atoms with Gasteiger partial charge in [0.25, 0.3) is 0 Å². The number of anilines is 1. The van der Waals surface area contributed by atoms with E-state index in [2.05, 4.69) is 20.3 Å². The summed E-state index contributed by atoms with van der Waals surface area (Å²) >= 11 is 2.71. The van der Waals surface area contributed by atoms with E-state index in [1.165, 1.54) is 23.1 Å². The molecule has 0 saturated carbocycles. The minimum Gasteiger partial charge on any atom is -0.494 e. The van der Waals surface area contributed by atoms with Crippen molar-refractivity contribution in [2.45, 2.75) is 12.1 Å². The van der Waals surface area contributed by atoms with Crippen LogP contribution in [0.2, 0.25) is 0 Å². The average molecular weight is 346 g/mol. The lowest BCUT2D eigenvalue weighted by atomic mass is 10.3. The number of hydrogen-bond acceptors (Lipinski definition) is 7. The van der Waals surface area contributed by atoms with Gasteiger partial charge in [-0.3, -0.25) is 4.79 Å². The van der Waals surface area contributed by atoms with Crippen molar-refractivity contribution in [2.24, 2.45) is 0 Å². The maximum Gasteiger partial charge on any atom is 0.236 e. The van der Waals surface area contributed by atoms with Crippen LogP contribution in [0.1, 0.15) is 6.92 Å². The second-order valence-corrected chi connectivity index (χ2v) is 6.42. The van der Waals surface area contributed by atoms with E-state index in [-0.39, 0.29) is 11.7 Å². The molecule has 1 amide bonds. The molecule has 2 heterocycles. The van der Waals surface area contributed by atoms with Gasteiger partial charge in [-0.05, 0) is 31.2 Å². The largest absolute Gasteiger partial charge is 0.494 e. The van der Waals surface area contributed by atoms with Gasteiger partial charge in [0.2, 0.25) is 5.91 Å². The smallest absolute Gasteiger partial charge is 0.236 e. The number of ether oxygens (including phenoxy) is 1. The summed E-state index contributed by atoms with van der Waals surface area (Å²) in [5.74, 6) is 0.911. The van der Waals surface area contributed by atoms with E-state index >= 15 is 0 Å². The fraction of sp³-hybridized carbons (Fsp3) is 0.200. The van der Waals surface area contributed by atoms with Crippen LogP contribution in [-0.4, -0.2) is 33.2 Å². The molecule has 23 heavy (non-hydrogen) atoms. The molecular formula is C15H14N4O2S2. The molecule has 0 spiro atoms. The second-order valence-electron chi connectivity index (χ2n) is 4.45. The first-order valence-corrected chi connectivity index (χ1v) is 8.78. The number of carbonyl (C=O) groups is 1. The zero-order valence-corrected chi connectivity index (χ0v) is 14.0. The summed E-state index contributed by atoms with van der Waals surface area (Å²) in [7, 11) is 0. The molecule has 2 aromatic heterocycles. The standard InChI is InChI=1S/C15H14N4O2S2/c1-2-21-10-4-5-11-12(8-10)23-15(18-11)19-13(20)9-22-14-16-6-3-7-17-14/h3-8H,2,9H2,1H3,(H,18,19,20). The molecule has 118 valence electrons. The van der Waals surface area contributed by atoms with Crippen LogP contribution in [-0.2, 0) is 4.79 Å². The van der Waals surface area contributed by atoms with Crippen molar-refractivity contribution in [1.29, 1.82) is 0 Å². The summed E-state index contributed by atoms with van der Waals surface area (Å²) in [6.07, 6.45) is 3.30. The minimum atomic E-state index is -0.133. The highest BCUT2D eigenvalue weighted by molar-refractivity contribution is 7.99. The molecule has 0 bridgehead atoms. The molecule has 8 heteroatoms. The molecule has 0 aliphatic carbocycles. The Balaban J connectivity index is 1.63. The van der Waals surface area contributed by atoms with Crippen molar-refractivity contribution in [2.75, 3.05) is 17.7 Å². The molecule has 1 N–H and O–H groups in total. The van der Waals surface area contributed by atoms with Gasteiger partial charge in [0, 0.05) is 12.4 Å². The first-order chi connectivity index (χ1) is 11.2. The monoisotopic (exact) mass is 346 g/mol. The number of fused-ring (bicyclic) bond motifs is 1. The second kappa shape index (κ2) is 7.38. The number of rotatable bonds is 6. The van der Waals surface area contributed by atoms with E-state index in [4.69, 9.17) is 4.74 Å². The number of thiazole rings is 1. The third-order valence-corrected chi connectivity index (χ3v) is 4.60. The summed E-state index contributed by atoms with van der Waals surface area (Å²) in [5, 5.41) is 3.96. The average Bonchev–Trinajstić information content (AvgIpc) is 2.95. The summed E-state index contributed by atoms with van der Waals surface area (Å²) in [6.45, 7) is 2.56. The van der Waals surface area contributed by atoms with Crippen LogP contribution in [0.4, 0.5) is 5.13 Å². The van der Waals surface area contributed by atoms with Crippen molar-refractivity contribution in [3.63, 3.8) is 0 Å². The van der Waals surface area contributed by atoms with E-state index in [1.807, 2.05) is 25.1 Å². The molecule has 1 aromatic carbocycles. The molecule has 0 fully saturated rings. The van der Waals surface area contributed by atoms with Gasteiger partial charge in [-0.25, -0.2) is 15.0 Å². The highest BCUT2D eigenvalue weighted by atomic mass is 32.2. The Hall–Kier alpha value is -2.19. The third kappa shape index (κ3) is 4.17. The fourth-order valence-electron chi connectivity index (χ4n) is 1.86. The molecular weight excluding hydrogens is 332 g/mol. The van der Waals surface area contributed by atoms with Gasteiger partial charge in [-0.1, -0.05) is 23.1 Å². The predicted molar refractivity (Wildman–Crippen MR) is 92.2 cm³/mol. The summed E-state index contributed by atoms with van der Waals surface area (Å²) in [6, 6.07) is 7.43. The number of carbonyl (C=O) groups excluding carboxylic acids is 1. The summed E-state index contributed by atoms with van der Waals surface area (Å²) < 4.78 is 6.44. The number of amides is 1. The normalized spacial score (nSPS) is 10.7. The van der Waals surface area contributed by atoms with E-state index in [0.29, 0.717) is 16.9 Å². The number of nitrogens with one attached hydrogen (secondary N) is 1. The Labute approximate surface area is 141 Å². The van der Waals surface area contributed by atoms with Crippen molar-refractivity contribution in [3.8, 4) is 5.75 Å². The maximum absolute atomic E-state index is 12.0. The molecule has 6 nitrogen and oxygen atoms in total. The summed E-state index contributed by atoms with van der Waals surface area (Å²) in [4.78, 5) is 24.5. The number of hydrogen-bond donors (Lipinski definition) is 1. The van der Waals surface area contributed by atoms with E-state index in [1.54, 1.807) is 18.5 Å². The lowest BCUT2D eigenvalue weighted by molar-refractivity contribution is -0.113. The van der Waals surface area contributed by atoms with Crippen molar-refractivity contribution >= 4 is 44.4 Å². The Morgan fingerprint density at radius 2 is 2.17 bits per heavy atom. The van der Waals surface area contributed by atoms with Crippen LogP contribution in [0.5, 0.6) is 5.75 Å². The molecule has 0 aliphatic heterocycles. The van der Waals surface area contributed by atoms with Crippen molar-refractivity contribution in [1.82, 2.24) is 15.0 Å². The Morgan fingerprint density at radius 3 is 2.96 bits per heavy atom. The first-order valence-electron chi connectivity index (χ1n) is 6.97. The van der Waals surface area contributed by atoms with Crippen LogP contribution < -0.4 is 10.1 Å². The molecule has 3 rings (SSSR count). The van der Waals surface area contributed by atoms with Gasteiger partial charge in [0.05, 0.1) is 22.6 Å². The first kappa shape index (κ1) is 15.7. The molecule has 0 saturated heterocycles. The van der Waals surface area contributed by atoms with Crippen LogP contribution in [0.15, 0.2) is 41.8 Å². The molecule has 0 unspecified atom stereocenters. The van der Waals surface area contributed by atoms with Crippen LogP contribution in [0.3, 0.4) is 0 Å². The van der Waals surface area contributed by atoms with E-state index < -0.39 is 0 Å². The number of aromatic nitrogens is 3. The highest BCUT2D eigenvalue weighted by Crippen LogP contribution is 2.29. The Morgan fingerprint density at radius 1 is 1.35 bits per heavy atom. The summed E-state index contributed by atoms with van der Waals surface area (Å²) in [5.41, 5.74) is 0.841. The fourth-order valence-corrected chi connectivity index (χ4v) is 3.37. The molecule has 0 aliphatic rings. The van der Waals surface area contributed by atoms with Gasteiger partial charge < -0.3 is 10.1 Å². The van der Waals surface area contributed by atoms with Gasteiger partial charge >= 0.3 is 0 Å². The number of thioether (sulfide) groups is 1. The number of benzene rings is 1. The van der Waals surface area contributed by atoms with Crippen molar-refractivity contribution < 1.29 is 9.53 Å². The van der Waals surface area contributed by atoms with Gasteiger partial charge in [-0.2, -0.15) is 0 Å². The van der Waals surface area contributed by atoms with E-state index in [9.17, 15) is 4.79 Å². The Kier molecular flexibility index (Phi) is 5.04. The molecule has 0 radical (unpaired) electrons. The molecule has 3 aromatic rings. The van der Waals surface area contributed by atoms with Crippen LogP contribution in [0, 0.1) is 0 Å². The van der Waals surface area contributed by atoms with E-state index in [0.717, 1.165) is 16.0 Å². The predicted octanol–water partition coefficient (Wildman–Crippen LogP) is 3.22. The van der Waals surface area contributed by atoms with Crippen LogP contribution in [0.25, 0.3) is 10.2 Å². The quantitative estimate of drug-likeness (QED) is 0.545. The Bertz CT molecular complexity index is 808. The third-order valence-electron chi connectivity index (χ3n) is 2.79. The van der Waals surface area contributed by atoms with Gasteiger partial charge in [-0.15, -0.1) is 0 Å². The topological polar surface area (TPSA) is 77.0 Å². The van der Waals surface area contributed by atoms with Crippen LogP contribution >= 0.6 is 23.1 Å². The van der Waals surface area contributed by atoms with Gasteiger partial charge in [0.15, 0.2) is 10.3 Å².